The Morgan fingerprint density at radius 2 is 1.94 bits per heavy atom. The number of hydrogen-bond donors (Lipinski definition) is 0. The summed E-state index contributed by atoms with van der Waals surface area (Å²) in [6.07, 6.45) is 6.27. The van der Waals surface area contributed by atoms with E-state index in [9.17, 15) is 9.18 Å². The number of hydroxylamine groups is 2. The van der Waals surface area contributed by atoms with E-state index in [0.717, 1.165) is 12.0 Å². The number of rotatable bonds is 4. The maximum atomic E-state index is 13.2. The van der Waals surface area contributed by atoms with Crippen molar-refractivity contribution in [1.29, 1.82) is 0 Å². The van der Waals surface area contributed by atoms with Crippen molar-refractivity contribution in [2.24, 2.45) is 29.8 Å². The third-order valence-corrected chi connectivity index (χ3v) is 6.61. The summed E-state index contributed by atoms with van der Waals surface area (Å²) in [5.41, 5.74) is 3.09. The molecule has 0 amide bonds. The highest BCUT2D eigenvalue weighted by Gasteiger charge is 2.58. The summed E-state index contributed by atoms with van der Waals surface area (Å²) in [7, 11) is 3.65. The first-order valence-corrected chi connectivity index (χ1v) is 10.3. The molecule has 158 valence electrons. The first kappa shape index (κ1) is 18.4. The van der Waals surface area contributed by atoms with Crippen molar-refractivity contribution < 1.29 is 9.23 Å². The van der Waals surface area contributed by atoms with Gasteiger partial charge in [-0.3, -0.25) is 9.36 Å². The molecule has 1 aliphatic heterocycles. The van der Waals surface area contributed by atoms with E-state index in [4.69, 9.17) is 9.83 Å². The molecule has 8 nitrogen and oxygen atoms in total. The Labute approximate surface area is 177 Å². The van der Waals surface area contributed by atoms with Crippen LogP contribution in [0.5, 0.6) is 0 Å². The Hall–Kier alpha value is -3.33. The monoisotopic (exact) mass is 420 g/mol. The Morgan fingerprint density at radius 1 is 1.16 bits per heavy atom. The molecule has 3 heterocycles. The summed E-state index contributed by atoms with van der Waals surface area (Å²) in [6.45, 7) is 0.229. The third kappa shape index (κ3) is 2.91. The average Bonchev–Trinajstić information content (AvgIpc) is 3.11. The summed E-state index contributed by atoms with van der Waals surface area (Å²) < 4.78 is 16.4. The number of aliphatic imine (C=N–C) groups is 1. The number of fused-ring (bicyclic) bond motifs is 2. The lowest BCUT2D eigenvalue weighted by molar-refractivity contribution is -0.0671. The predicted molar refractivity (Wildman–Crippen MR) is 112 cm³/mol. The molecule has 2 aliphatic carbocycles. The Morgan fingerprint density at radius 3 is 2.68 bits per heavy atom. The van der Waals surface area contributed by atoms with Crippen LogP contribution < -0.4 is 5.56 Å². The molecule has 0 spiro atoms. The van der Waals surface area contributed by atoms with Gasteiger partial charge in [0.15, 0.2) is 11.2 Å². The quantitative estimate of drug-likeness (QED) is 0.647. The molecule has 0 bridgehead atoms. The van der Waals surface area contributed by atoms with Gasteiger partial charge in [0.25, 0.3) is 5.56 Å². The van der Waals surface area contributed by atoms with Crippen LogP contribution in [0, 0.1) is 23.6 Å². The number of hydrogen-bond acceptors (Lipinski definition) is 6. The van der Waals surface area contributed by atoms with Crippen LogP contribution in [0.15, 0.2) is 52.8 Å². The van der Waals surface area contributed by atoms with Crippen LogP contribution in [0.4, 0.5) is 4.39 Å². The Kier molecular flexibility index (Phi) is 3.92. The maximum Gasteiger partial charge on any atom is 0.280 e. The van der Waals surface area contributed by atoms with Gasteiger partial charge in [0.1, 0.15) is 24.9 Å². The molecule has 6 rings (SSSR count). The third-order valence-electron chi connectivity index (χ3n) is 6.61. The van der Waals surface area contributed by atoms with Crippen molar-refractivity contribution in [3.05, 3.63) is 64.7 Å². The second-order valence-corrected chi connectivity index (χ2v) is 8.50. The molecule has 0 saturated heterocycles. The summed E-state index contributed by atoms with van der Waals surface area (Å²) in [4.78, 5) is 31.8. The van der Waals surface area contributed by atoms with Gasteiger partial charge in [-0.15, -0.1) is 5.06 Å². The minimum Gasteiger partial charge on any atom is -0.387 e. The van der Waals surface area contributed by atoms with E-state index in [-0.39, 0.29) is 24.1 Å². The molecule has 1 aromatic carbocycles. The number of halogens is 1. The molecular formula is C22H21FN6O2. The molecule has 4 atom stereocenters. The van der Waals surface area contributed by atoms with Crippen LogP contribution in [0.25, 0.3) is 16.7 Å². The van der Waals surface area contributed by atoms with Gasteiger partial charge in [-0.05, 0) is 41.5 Å². The molecular weight excluding hydrogens is 399 g/mol. The number of aromatic nitrogens is 4. The van der Waals surface area contributed by atoms with Crippen LogP contribution in [-0.2, 0) is 18.4 Å². The van der Waals surface area contributed by atoms with Gasteiger partial charge in [-0.1, -0.05) is 18.2 Å². The minimum absolute atomic E-state index is 0.0693. The topological polar surface area (TPSA) is 77.5 Å². The van der Waals surface area contributed by atoms with E-state index >= 15 is 0 Å². The molecule has 3 aromatic rings. The van der Waals surface area contributed by atoms with E-state index in [1.807, 2.05) is 19.2 Å². The van der Waals surface area contributed by atoms with Gasteiger partial charge in [0, 0.05) is 20.0 Å². The minimum atomic E-state index is -0.214. The van der Waals surface area contributed by atoms with E-state index in [0.29, 0.717) is 34.8 Å². The highest BCUT2D eigenvalue weighted by molar-refractivity contribution is 5.78. The van der Waals surface area contributed by atoms with Gasteiger partial charge in [-0.25, -0.2) is 19.4 Å². The number of allylic oxidation sites excluding steroid dienone is 2. The molecule has 0 N–H and O–H groups in total. The molecule has 0 radical (unpaired) electrons. The van der Waals surface area contributed by atoms with Gasteiger partial charge >= 0.3 is 0 Å². The second-order valence-electron chi connectivity index (χ2n) is 8.50. The first-order valence-electron chi connectivity index (χ1n) is 10.3. The van der Waals surface area contributed by atoms with Crippen LogP contribution >= 0.6 is 0 Å². The Bertz CT molecular complexity index is 1310. The van der Waals surface area contributed by atoms with Crippen LogP contribution in [-0.4, -0.2) is 43.3 Å². The fraction of sp³-hybridized carbons (Fsp3) is 0.364. The second kappa shape index (κ2) is 6.58. The molecule has 9 heteroatoms. The zero-order valence-electron chi connectivity index (χ0n) is 17.1. The number of nitrogens with zero attached hydrogens (tertiary/aromatic N) is 6. The highest BCUT2D eigenvalue weighted by Crippen LogP contribution is 2.60. The standard InChI is InChI=1S/C22H21FN6O2/c1-27-10-24-20-19(27)22(30)29(11-25-20)9-17-26-21(28(2)31-17)18-15-7-13(8-16(15)18)12-3-5-14(23)6-4-12/h3-7,10-11,15-16,18,21H,8-9H2,1-2H3/t15-,16+,18+,21?/m1/s1. The number of benzene rings is 1. The Balaban J connectivity index is 1.20. The molecule has 31 heavy (non-hydrogen) atoms. The fourth-order valence-corrected chi connectivity index (χ4v) is 4.99. The van der Waals surface area contributed by atoms with Crippen molar-refractivity contribution in [2.75, 3.05) is 7.05 Å². The van der Waals surface area contributed by atoms with Gasteiger partial charge in [-0.2, -0.15) is 0 Å². The van der Waals surface area contributed by atoms with Crippen LogP contribution in [0.2, 0.25) is 0 Å². The van der Waals surface area contributed by atoms with Gasteiger partial charge < -0.3 is 9.40 Å². The number of imidazole rings is 1. The zero-order valence-corrected chi connectivity index (χ0v) is 17.1. The van der Waals surface area contributed by atoms with Crippen molar-refractivity contribution in [2.45, 2.75) is 19.1 Å². The SMILES string of the molecule is CN1OC(Cn2cnc3ncn(C)c3c2=O)=NC1[C@H]1[C@@H]2C=C(c3ccc(F)cc3)C[C@@H]21. The lowest BCUT2D eigenvalue weighted by Crippen LogP contribution is -2.29. The highest BCUT2D eigenvalue weighted by atomic mass is 19.1. The summed E-state index contributed by atoms with van der Waals surface area (Å²) in [6, 6.07) is 6.69. The predicted octanol–water partition coefficient (Wildman–Crippen LogP) is 2.22. The van der Waals surface area contributed by atoms with Crippen molar-refractivity contribution in [3.63, 3.8) is 0 Å². The van der Waals surface area contributed by atoms with Crippen molar-refractivity contribution >= 4 is 22.6 Å². The number of aryl methyl sites for hydroxylation is 1. The molecule has 2 aromatic heterocycles. The van der Waals surface area contributed by atoms with Gasteiger partial charge in [0.05, 0.1) is 6.33 Å². The normalized spacial score (nSPS) is 27.2. The largest absolute Gasteiger partial charge is 0.387 e. The van der Waals surface area contributed by atoms with E-state index in [1.165, 1.54) is 28.6 Å². The smallest absolute Gasteiger partial charge is 0.280 e. The van der Waals surface area contributed by atoms with E-state index in [1.54, 1.807) is 23.0 Å². The van der Waals surface area contributed by atoms with E-state index < -0.39 is 0 Å². The zero-order chi connectivity index (χ0) is 21.3. The summed E-state index contributed by atoms with van der Waals surface area (Å²) >= 11 is 0. The average molecular weight is 420 g/mol. The van der Waals surface area contributed by atoms with Crippen molar-refractivity contribution in [1.82, 2.24) is 24.2 Å². The fourth-order valence-electron chi connectivity index (χ4n) is 4.99. The molecule has 1 saturated carbocycles. The summed E-state index contributed by atoms with van der Waals surface area (Å²) in [5, 5.41) is 1.78. The molecule has 1 fully saturated rings. The lowest BCUT2D eigenvalue weighted by atomic mass is 10.00. The van der Waals surface area contributed by atoms with Crippen molar-refractivity contribution in [3.8, 4) is 0 Å². The van der Waals surface area contributed by atoms with E-state index in [2.05, 4.69) is 16.0 Å². The van der Waals surface area contributed by atoms with Gasteiger partial charge in [0.2, 0.25) is 5.90 Å². The maximum absolute atomic E-state index is 13.2. The molecule has 3 aliphatic rings. The van der Waals surface area contributed by atoms with Crippen LogP contribution in [0.3, 0.4) is 0 Å². The lowest BCUT2D eigenvalue weighted by Gasteiger charge is -2.17. The summed E-state index contributed by atoms with van der Waals surface area (Å²) in [5.74, 6) is 1.66. The first-order chi connectivity index (χ1) is 15.0. The van der Waals surface area contributed by atoms with Crippen LogP contribution in [0.1, 0.15) is 12.0 Å². The molecule has 1 unspecified atom stereocenters.